The number of aliphatic hydroxyl groups is 1. The number of anilines is 2. The van der Waals surface area contributed by atoms with Gasteiger partial charge in [0, 0.05) is 24.9 Å². The highest BCUT2D eigenvalue weighted by atomic mass is 32.2. The smallest absolute Gasteiger partial charge is 0.323 e. The molecule has 1 aliphatic rings. The van der Waals surface area contributed by atoms with Crippen LogP contribution in [0.4, 0.5) is 16.2 Å². The summed E-state index contributed by atoms with van der Waals surface area (Å²) in [5.41, 5.74) is 1.08. The van der Waals surface area contributed by atoms with Crippen LogP contribution in [0.3, 0.4) is 0 Å². The lowest BCUT2D eigenvalue weighted by Crippen LogP contribution is -2.50. The van der Waals surface area contributed by atoms with E-state index >= 15 is 0 Å². The first-order chi connectivity index (χ1) is 18.5. The van der Waals surface area contributed by atoms with E-state index in [1.54, 1.807) is 36.1 Å². The van der Waals surface area contributed by atoms with E-state index in [4.69, 9.17) is 4.74 Å². The van der Waals surface area contributed by atoms with E-state index in [0.29, 0.717) is 5.69 Å². The van der Waals surface area contributed by atoms with Gasteiger partial charge in [-0.15, -0.1) is 0 Å². The Morgan fingerprint density at radius 3 is 2.46 bits per heavy atom. The van der Waals surface area contributed by atoms with Gasteiger partial charge in [0.2, 0.25) is 10.0 Å². The number of rotatable bonds is 7. The summed E-state index contributed by atoms with van der Waals surface area (Å²) < 4.78 is 31.9. The Morgan fingerprint density at radius 1 is 1.10 bits per heavy atom. The third kappa shape index (κ3) is 6.32. The molecule has 208 valence electrons. The minimum Gasteiger partial charge on any atom is -0.486 e. The van der Waals surface area contributed by atoms with Crippen LogP contribution in [0.25, 0.3) is 10.8 Å². The fraction of sp³-hybridized carbons (Fsp3) is 0.357. The Labute approximate surface area is 228 Å². The maximum Gasteiger partial charge on any atom is 0.323 e. The molecule has 0 radical (unpaired) electrons. The molecule has 0 aliphatic carbocycles. The number of para-hydroxylation sites is 1. The van der Waals surface area contributed by atoms with Gasteiger partial charge in [-0.3, -0.25) is 4.79 Å². The lowest BCUT2D eigenvalue weighted by atomic mass is 9.99. The number of ether oxygens (including phenoxy) is 1. The Hall–Kier alpha value is -3.67. The molecule has 39 heavy (non-hydrogen) atoms. The monoisotopic (exact) mass is 554 g/mol. The van der Waals surface area contributed by atoms with Gasteiger partial charge >= 0.3 is 6.03 Å². The molecule has 4 rings (SSSR count). The molecule has 3 aromatic rings. The number of sulfonamides is 1. The number of hydrogen-bond donors (Lipinski definition) is 3. The van der Waals surface area contributed by atoms with Crippen LogP contribution < -0.4 is 15.4 Å². The molecule has 3 N–H and O–H groups in total. The third-order valence-electron chi connectivity index (χ3n) is 6.98. The van der Waals surface area contributed by atoms with Crippen LogP contribution in [0.2, 0.25) is 0 Å². The van der Waals surface area contributed by atoms with Crippen molar-refractivity contribution in [2.24, 2.45) is 5.92 Å². The summed E-state index contributed by atoms with van der Waals surface area (Å²) in [4.78, 5) is 28.3. The Kier molecular flexibility index (Phi) is 8.43. The molecule has 0 fully saturated rings. The van der Waals surface area contributed by atoms with E-state index in [-0.39, 0.29) is 48.5 Å². The molecular weight excluding hydrogens is 520 g/mol. The molecule has 10 nitrogen and oxygen atoms in total. The predicted molar refractivity (Wildman–Crippen MR) is 152 cm³/mol. The molecule has 1 heterocycles. The van der Waals surface area contributed by atoms with Crippen molar-refractivity contribution in [3.8, 4) is 5.75 Å². The van der Waals surface area contributed by atoms with E-state index in [2.05, 4.69) is 10.6 Å². The van der Waals surface area contributed by atoms with Crippen LogP contribution in [0, 0.1) is 5.92 Å². The molecule has 3 aromatic carbocycles. The highest BCUT2D eigenvalue weighted by molar-refractivity contribution is 7.88. The number of likely N-dealkylation sites (N-methyl/N-ethyl adjacent to an activating group) is 1. The molecule has 3 amide bonds. The summed E-state index contributed by atoms with van der Waals surface area (Å²) in [5, 5.41) is 17.3. The van der Waals surface area contributed by atoms with Gasteiger partial charge in [-0.05, 0) is 30.5 Å². The average molecular weight is 555 g/mol. The second kappa shape index (κ2) is 11.6. The summed E-state index contributed by atoms with van der Waals surface area (Å²) >= 11 is 0. The van der Waals surface area contributed by atoms with Gasteiger partial charge < -0.3 is 25.4 Å². The van der Waals surface area contributed by atoms with Crippen LogP contribution >= 0.6 is 0 Å². The molecular formula is C28H34N4O6S. The molecule has 0 aromatic heterocycles. The van der Waals surface area contributed by atoms with Crippen LogP contribution in [0.15, 0.2) is 60.7 Å². The van der Waals surface area contributed by atoms with Crippen molar-refractivity contribution in [3.63, 3.8) is 0 Å². The van der Waals surface area contributed by atoms with Crippen LogP contribution in [-0.2, 0) is 10.0 Å². The Balaban J connectivity index is 1.70. The number of nitrogens with one attached hydrogen (secondary N) is 2. The largest absolute Gasteiger partial charge is 0.486 e. The first kappa shape index (κ1) is 28.3. The van der Waals surface area contributed by atoms with E-state index in [1.165, 1.54) is 11.4 Å². The predicted octanol–water partition coefficient (Wildman–Crippen LogP) is 3.60. The summed E-state index contributed by atoms with van der Waals surface area (Å²) in [6, 6.07) is 17.1. The highest BCUT2D eigenvalue weighted by Crippen LogP contribution is 2.35. The number of nitrogens with zero attached hydrogens (tertiary/aromatic N) is 2. The number of fused-ring (bicyclic) bond motifs is 2. The maximum absolute atomic E-state index is 13.6. The quantitative estimate of drug-likeness (QED) is 0.410. The first-order valence-corrected chi connectivity index (χ1v) is 14.5. The van der Waals surface area contributed by atoms with E-state index in [1.807, 2.05) is 43.3 Å². The standard InChI is InChI=1S/C28H34N4O6S/c1-18-15-32(19(2)17-33)27(34)22-12-8-14-24(26(22)38-25(18)16-31(3)39(4,36)37)30-28(35)29-23-13-7-10-20-9-5-6-11-21(20)23/h5-14,18-19,25,33H,15-17H2,1-4H3,(H2,29,30,35)/t18-,19-,25-/m1/s1. The summed E-state index contributed by atoms with van der Waals surface area (Å²) in [6.45, 7) is 3.64. The Bertz CT molecular complexity index is 1470. The van der Waals surface area contributed by atoms with Crippen LogP contribution in [0.5, 0.6) is 5.75 Å². The zero-order chi connectivity index (χ0) is 28.3. The second-order valence-corrected chi connectivity index (χ2v) is 12.0. The number of amides is 3. The molecule has 0 saturated heterocycles. The fourth-order valence-electron chi connectivity index (χ4n) is 4.56. The van der Waals surface area contributed by atoms with E-state index < -0.39 is 28.2 Å². The van der Waals surface area contributed by atoms with E-state index in [0.717, 1.165) is 17.0 Å². The van der Waals surface area contributed by atoms with Gasteiger partial charge in [0.25, 0.3) is 5.91 Å². The molecule has 0 unspecified atom stereocenters. The van der Waals surface area contributed by atoms with Gasteiger partial charge in [0.1, 0.15) is 6.10 Å². The minimum absolute atomic E-state index is 0.0332. The van der Waals surface area contributed by atoms with Gasteiger partial charge in [0.05, 0.1) is 42.4 Å². The molecule has 0 spiro atoms. The maximum atomic E-state index is 13.6. The first-order valence-electron chi connectivity index (χ1n) is 12.7. The average Bonchev–Trinajstić information content (AvgIpc) is 2.90. The van der Waals surface area contributed by atoms with Crippen molar-refractivity contribution in [1.29, 1.82) is 0 Å². The lowest BCUT2D eigenvalue weighted by Gasteiger charge is -2.38. The Morgan fingerprint density at radius 2 is 1.74 bits per heavy atom. The summed E-state index contributed by atoms with van der Waals surface area (Å²) in [7, 11) is -2.03. The normalized spacial score (nSPS) is 18.6. The number of carbonyl (C=O) groups is 2. The molecule has 11 heteroatoms. The summed E-state index contributed by atoms with van der Waals surface area (Å²) in [6.07, 6.45) is 0.469. The molecule has 0 bridgehead atoms. The number of urea groups is 1. The second-order valence-electron chi connectivity index (χ2n) is 9.95. The van der Waals surface area contributed by atoms with Crippen molar-refractivity contribution in [2.75, 3.05) is 43.6 Å². The van der Waals surface area contributed by atoms with Gasteiger partial charge in [-0.2, -0.15) is 0 Å². The number of aliphatic hydroxyl groups excluding tert-OH is 1. The van der Waals surface area contributed by atoms with Crippen molar-refractivity contribution in [1.82, 2.24) is 9.21 Å². The molecule has 3 atom stereocenters. The topological polar surface area (TPSA) is 128 Å². The van der Waals surface area contributed by atoms with Crippen LogP contribution in [-0.4, -0.2) is 79.8 Å². The fourth-order valence-corrected chi connectivity index (χ4v) is 4.98. The zero-order valence-corrected chi connectivity index (χ0v) is 23.2. The van der Waals surface area contributed by atoms with Gasteiger partial charge in [-0.1, -0.05) is 49.4 Å². The lowest BCUT2D eigenvalue weighted by molar-refractivity contribution is 0.0389. The van der Waals surface area contributed by atoms with Gasteiger partial charge in [0.15, 0.2) is 5.75 Å². The third-order valence-corrected chi connectivity index (χ3v) is 8.26. The number of benzene rings is 3. The SMILES string of the molecule is C[C@@H]1CN([C@H](C)CO)C(=O)c2cccc(NC(=O)Nc3cccc4ccccc34)c2O[C@@H]1CN(C)S(C)(=O)=O. The highest BCUT2D eigenvalue weighted by Gasteiger charge is 2.35. The van der Waals surface area contributed by atoms with Gasteiger partial charge in [-0.25, -0.2) is 17.5 Å². The zero-order valence-electron chi connectivity index (χ0n) is 22.4. The minimum atomic E-state index is -3.50. The van der Waals surface area contributed by atoms with E-state index in [9.17, 15) is 23.1 Å². The number of carbonyl (C=O) groups excluding carboxylic acids is 2. The summed E-state index contributed by atoms with van der Waals surface area (Å²) in [5.74, 6) is -0.506. The van der Waals surface area contributed by atoms with Crippen molar-refractivity contribution in [3.05, 3.63) is 66.2 Å². The number of hydrogen-bond acceptors (Lipinski definition) is 6. The van der Waals surface area contributed by atoms with Crippen molar-refractivity contribution in [2.45, 2.75) is 26.0 Å². The molecule has 1 aliphatic heterocycles. The van der Waals surface area contributed by atoms with Crippen molar-refractivity contribution >= 4 is 44.1 Å². The van der Waals surface area contributed by atoms with Crippen LogP contribution in [0.1, 0.15) is 24.2 Å². The van der Waals surface area contributed by atoms with Crippen molar-refractivity contribution < 1.29 is 27.9 Å². The molecule has 0 saturated carbocycles.